The lowest BCUT2D eigenvalue weighted by atomic mass is 10.0. The van der Waals surface area contributed by atoms with E-state index in [9.17, 15) is 14.4 Å². The number of esters is 3. The molecule has 0 heterocycles. The van der Waals surface area contributed by atoms with E-state index in [-0.39, 0.29) is 31.6 Å². The molecule has 1 atom stereocenters. The maximum atomic E-state index is 12.8. The molecule has 0 saturated carbocycles. The van der Waals surface area contributed by atoms with Crippen molar-refractivity contribution in [3.8, 4) is 0 Å². The average Bonchev–Trinajstić information content (AvgIpc) is 3.30. The summed E-state index contributed by atoms with van der Waals surface area (Å²) in [6.45, 7) is 6.45. The highest BCUT2D eigenvalue weighted by Crippen LogP contribution is 2.15. The Kier molecular flexibility index (Phi) is 50.4. The molecule has 0 aliphatic rings. The molecule has 0 aromatic rings. The maximum absolute atomic E-state index is 12.8. The van der Waals surface area contributed by atoms with Crippen molar-refractivity contribution in [1.82, 2.24) is 0 Å². The predicted octanol–water partition coefficient (Wildman–Crippen LogP) is 18.0. The highest BCUT2D eigenvalue weighted by atomic mass is 16.6. The number of rotatable bonds is 48. The first-order valence-corrected chi connectivity index (χ1v) is 27.1. The molecule has 0 aliphatic carbocycles. The minimum Gasteiger partial charge on any atom is -0.462 e. The number of unbranched alkanes of at least 4 members (excludes halogenated alkanes) is 23. The highest BCUT2D eigenvalue weighted by molar-refractivity contribution is 5.71. The second-order valence-electron chi connectivity index (χ2n) is 17.8. The van der Waals surface area contributed by atoms with E-state index in [4.69, 9.17) is 14.2 Å². The van der Waals surface area contributed by atoms with E-state index < -0.39 is 12.1 Å². The molecule has 0 bridgehead atoms. The van der Waals surface area contributed by atoms with Crippen LogP contribution >= 0.6 is 0 Å². The number of carbonyl (C=O) groups is 3. The fraction of sp³-hybridized carbons (Fsp3) is 0.712. The van der Waals surface area contributed by atoms with Crippen molar-refractivity contribution in [3.05, 3.63) is 85.1 Å². The van der Waals surface area contributed by atoms with Gasteiger partial charge >= 0.3 is 17.9 Å². The van der Waals surface area contributed by atoms with Gasteiger partial charge in [-0.3, -0.25) is 14.4 Å². The van der Waals surface area contributed by atoms with Crippen LogP contribution in [0.1, 0.15) is 252 Å². The van der Waals surface area contributed by atoms with E-state index in [1.165, 1.54) is 116 Å². The standard InChI is InChI=1S/C59H100O6/c1-4-7-10-13-16-19-22-25-27-28-29-30-32-35-38-41-44-47-50-53-59(62)65-56(54-63-57(60)51-48-45-42-39-36-33-24-21-18-15-12-9-6-3)55-64-58(61)52-49-46-43-40-37-34-31-26-23-20-17-14-11-8-5-2/h7,10,16,19,21,24-25,27,29-30,35,38,44,47,56H,4-6,8-9,11-15,17-18,20,22-23,26,28,31-34,36-37,39-43,45-46,48-55H2,1-3H3/b10-7-,19-16-,24-21-,27-25-,30-29-,38-35-,47-44-/t56-/m1/s1. The van der Waals surface area contributed by atoms with E-state index in [0.29, 0.717) is 19.3 Å². The summed E-state index contributed by atoms with van der Waals surface area (Å²) in [6.07, 6.45) is 68.6. The number of allylic oxidation sites excluding steroid dienone is 14. The summed E-state index contributed by atoms with van der Waals surface area (Å²) in [5.41, 5.74) is 0. The monoisotopic (exact) mass is 905 g/mol. The van der Waals surface area contributed by atoms with Gasteiger partial charge in [-0.25, -0.2) is 0 Å². The second-order valence-corrected chi connectivity index (χ2v) is 17.8. The summed E-state index contributed by atoms with van der Waals surface area (Å²) in [7, 11) is 0. The van der Waals surface area contributed by atoms with E-state index in [1.807, 2.05) is 12.2 Å². The van der Waals surface area contributed by atoms with E-state index >= 15 is 0 Å². The van der Waals surface area contributed by atoms with Gasteiger partial charge < -0.3 is 14.2 Å². The average molecular weight is 905 g/mol. The molecule has 0 fully saturated rings. The molecular formula is C59H100O6. The molecule has 0 aromatic carbocycles. The first kappa shape index (κ1) is 61.6. The van der Waals surface area contributed by atoms with Crippen molar-refractivity contribution >= 4 is 17.9 Å². The molecule has 0 radical (unpaired) electrons. The summed E-state index contributed by atoms with van der Waals surface area (Å²) >= 11 is 0. The van der Waals surface area contributed by atoms with Crippen molar-refractivity contribution in [1.29, 1.82) is 0 Å². The van der Waals surface area contributed by atoms with Crippen molar-refractivity contribution in [2.75, 3.05) is 13.2 Å². The normalized spacial score (nSPS) is 12.7. The summed E-state index contributed by atoms with van der Waals surface area (Å²) in [5, 5.41) is 0. The smallest absolute Gasteiger partial charge is 0.306 e. The Morgan fingerprint density at radius 3 is 1.02 bits per heavy atom. The summed E-state index contributed by atoms with van der Waals surface area (Å²) in [5.74, 6) is -0.998. The molecule has 65 heavy (non-hydrogen) atoms. The van der Waals surface area contributed by atoms with Crippen LogP contribution in [-0.4, -0.2) is 37.2 Å². The first-order valence-electron chi connectivity index (χ1n) is 27.1. The van der Waals surface area contributed by atoms with Crippen LogP contribution in [0.2, 0.25) is 0 Å². The molecule has 0 aromatic heterocycles. The van der Waals surface area contributed by atoms with Crippen molar-refractivity contribution in [3.63, 3.8) is 0 Å². The van der Waals surface area contributed by atoms with Gasteiger partial charge in [0.25, 0.3) is 0 Å². The predicted molar refractivity (Wildman–Crippen MR) is 279 cm³/mol. The third-order valence-electron chi connectivity index (χ3n) is 11.4. The van der Waals surface area contributed by atoms with Gasteiger partial charge in [0.1, 0.15) is 13.2 Å². The van der Waals surface area contributed by atoms with E-state index in [0.717, 1.165) is 89.9 Å². The van der Waals surface area contributed by atoms with Crippen LogP contribution in [-0.2, 0) is 28.6 Å². The molecule has 6 heteroatoms. The summed E-state index contributed by atoms with van der Waals surface area (Å²) in [4.78, 5) is 38.0. The lowest BCUT2D eigenvalue weighted by Crippen LogP contribution is -2.30. The topological polar surface area (TPSA) is 78.9 Å². The van der Waals surface area contributed by atoms with Crippen LogP contribution < -0.4 is 0 Å². The lowest BCUT2D eigenvalue weighted by Gasteiger charge is -2.18. The zero-order valence-electron chi connectivity index (χ0n) is 42.5. The summed E-state index contributed by atoms with van der Waals surface area (Å²) in [6, 6.07) is 0. The fourth-order valence-electron chi connectivity index (χ4n) is 7.35. The molecule has 0 unspecified atom stereocenters. The fourth-order valence-corrected chi connectivity index (χ4v) is 7.35. The molecule has 0 saturated heterocycles. The van der Waals surface area contributed by atoms with Gasteiger partial charge in [-0.15, -0.1) is 0 Å². The van der Waals surface area contributed by atoms with Crippen LogP contribution in [0, 0.1) is 0 Å². The first-order chi connectivity index (χ1) is 32.0. The third kappa shape index (κ3) is 51.4. The Morgan fingerprint density at radius 2 is 0.631 bits per heavy atom. The van der Waals surface area contributed by atoms with Crippen LogP contribution in [0.4, 0.5) is 0 Å². The highest BCUT2D eigenvalue weighted by Gasteiger charge is 2.19. The Labute approximate surface area is 401 Å². The number of hydrogen-bond donors (Lipinski definition) is 0. The minimum atomic E-state index is -0.818. The quantitative estimate of drug-likeness (QED) is 0.0262. The van der Waals surface area contributed by atoms with Crippen molar-refractivity contribution < 1.29 is 28.6 Å². The van der Waals surface area contributed by atoms with E-state index in [2.05, 4.69) is 93.7 Å². The lowest BCUT2D eigenvalue weighted by molar-refractivity contribution is -0.166. The number of hydrogen-bond acceptors (Lipinski definition) is 6. The zero-order valence-corrected chi connectivity index (χ0v) is 42.5. The Balaban J connectivity index is 4.51. The van der Waals surface area contributed by atoms with Gasteiger partial charge in [-0.2, -0.15) is 0 Å². The van der Waals surface area contributed by atoms with E-state index in [1.54, 1.807) is 0 Å². The van der Waals surface area contributed by atoms with Crippen LogP contribution in [0.25, 0.3) is 0 Å². The largest absolute Gasteiger partial charge is 0.462 e. The van der Waals surface area contributed by atoms with Gasteiger partial charge in [-0.1, -0.05) is 234 Å². The zero-order chi connectivity index (χ0) is 47.2. The summed E-state index contributed by atoms with van der Waals surface area (Å²) < 4.78 is 16.7. The third-order valence-corrected chi connectivity index (χ3v) is 11.4. The molecular weight excluding hydrogens is 805 g/mol. The molecule has 372 valence electrons. The Bertz CT molecular complexity index is 1270. The minimum absolute atomic E-state index is 0.107. The number of carbonyl (C=O) groups excluding carboxylic acids is 3. The molecule has 0 spiro atoms. The van der Waals surface area contributed by atoms with Crippen LogP contribution in [0.15, 0.2) is 85.1 Å². The SMILES string of the molecule is CC/C=C\C/C=C\C/C=C\C/C=C\C/C=C\C/C=C\CCC(=O)O[C@H](COC(=O)CCCCCCC/C=C\CCCCCC)COC(=O)CCCCCCCCCCCCCCCCC. The molecule has 0 rings (SSSR count). The molecule has 6 nitrogen and oxygen atoms in total. The maximum Gasteiger partial charge on any atom is 0.306 e. The van der Waals surface area contributed by atoms with Gasteiger partial charge in [0.05, 0.1) is 0 Å². The Morgan fingerprint density at radius 1 is 0.323 bits per heavy atom. The van der Waals surface area contributed by atoms with Gasteiger partial charge in [0.2, 0.25) is 0 Å². The van der Waals surface area contributed by atoms with Gasteiger partial charge in [0.15, 0.2) is 6.10 Å². The van der Waals surface area contributed by atoms with Crippen LogP contribution in [0.5, 0.6) is 0 Å². The number of ether oxygens (including phenoxy) is 3. The van der Waals surface area contributed by atoms with Crippen LogP contribution in [0.3, 0.4) is 0 Å². The molecule has 0 amide bonds. The van der Waals surface area contributed by atoms with Crippen molar-refractivity contribution in [2.24, 2.45) is 0 Å². The van der Waals surface area contributed by atoms with Crippen molar-refractivity contribution in [2.45, 2.75) is 258 Å². The Hall–Kier alpha value is -3.41. The van der Waals surface area contributed by atoms with Gasteiger partial charge in [-0.05, 0) is 83.5 Å². The van der Waals surface area contributed by atoms with Gasteiger partial charge in [0, 0.05) is 19.3 Å². The molecule has 0 N–H and O–H groups in total. The second kappa shape index (κ2) is 53.2. The molecule has 0 aliphatic heterocycles.